The number of aromatic nitrogens is 2. The summed E-state index contributed by atoms with van der Waals surface area (Å²) in [7, 11) is 0. The van der Waals surface area contributed by atoms with Crippen LogP contribution in [0.2, 0.25) is 0 Å². The Morgan fingerprint density at radius 2 is 1.83 bits per heavy atom. The molecule has 0 N–H and O–H groups in total. The molecule has 4 nitrogen and oxygen atoms in total. The molecule has 0 amide bonds. The fraction of sp³-hybridized carbons (Fsp3) is 0.0769. The monoisotopic (exact) mass is 304 g/mol. The average molecular weight is 305 g/mol. The lowest BCUT2D eigenvalue weighted by molar-refractivity contribution is 0.414. The first-order chi connectivity index (χ1) is 8.72. The molecule has 0 aliphatic rings. The van der Waals surface area contributed by atoms with Gasteiger partial charge in [-0.05, 0) is 35.0 Å². The maximum Gasteiger partial charge on any atom is 0.293 e. The van der Waals surface area contributed by atoms with Crippen molar-refractivity contribution >= 4 is 15.9 Å². The number of rotatable bonds is 2. The lowest BCUT2D eigenvalue weighted by atomic mass is 10.1. The number of hydrogen-bond acceptors (Lipinski definition) is 4. The van der Waals surface area contributed by atoms with Gasteiger partial charge in [0.15, 0.2) is 10.4 Å². The fourth-order valence-corrected chi connectivity index (χ4v) is 1.88. The van der Waals surface area contributed by atoms with E-state index in [1.54, 1.807) is 12.1 Å². The highest BCUT2D eigenvalue weighted by molar-refractivity contribution is 9.10. The molecule has 0 aliphatic carbocycles. The highest BCUT2D eigenvalue weighted by Crippen LogP contribution is 2.25. The maximum atomic E-state index is 5.36. The molecule has 2 heterocycles. The number of halogens is 1. The van der Waals surface area contributed by atoms with Crippen LogP contribution in [0.5, 0.6) is 0 Å². The highest BCUT2D eigenvalue weighted by atomic mass is 79.9. The van der Waals surface area contributed by atoms with Crippen molar-refractivity contribution in [3.8, 4) is 23.0 Å². The van der Waals surface area contributed by atoms with Crippen LogP contribution in [0.3, 0.4) is 0 Å². The average Bonchev–Trinajstić information content (AvgIpc) is 2.98. The van der Waals surface area contributed by atoms with E-state index in [1.807, 2.05) is 31.2 Å². The first-order valence-corrected chi connectivity index (χ1v) is 6.18. The van der Waals surface area contributed by atoms with Gasteiger partial charge in [0, 0.05) is 5.56 Å². The molecule has 3 rings (SSSR count). The molecule has 3 aromatic rings. The van der Waals surface area contributed by atoms with Gasteiger partial charge in [-0.3, -0.25) is 0 Å². The predicted molar refractivity (Wildman–Crippen MR) is 69.9 cm³/mol. The van der Waals surface area contributed by atoms with Gasteiger partial charge in [-0.1, -0.05) is 35.0 Å². The Morgan fingerprint density at radius 1 is 1.06 bits per heavy atom. The van der Waals surface area contributed by atoms with Crippen LogP contribution in [0, 0.1) is 6.92 Å². The third-order valence-electron chi connectivity index (χ3n) is 2.52. The van der Waals surface area contributed by atoms with Crippen LogP contribution in [0.25, 0.3) is 23.0 Å². The van der Waals surface area contributed by atoms with Gasteiger partial charge in [-0.25, -0.2) is 0 Å². The van der Waals surface area contributed by atoms with Gasteiger partial charge in [0.25, 0.3) is 5.89 Å². The fourth-order valence-electron chi connectivity index (χ4n) is 1.57. The van der Waals surface area contributed by atoms with Gasteiger partial charge in [0.1, 0.15) is 0 Å². The minimum absolute atomic E-state index is 0.372. The van der Waals surface area contributed by atoms with Gasteiger partial charge >= 0.3 is 0 Å². The zero-order valence-electron chi connectivity index (χ0n) is 9.55. The van der Waals surface area contributed by atoms with Crippen molar-refractivity contribution in [2.24, 2.45) is 0 Å². The quantitative estimate of drug-likeness (QED) is 0.716. The highest BCUT2D eigenvalue weighted by Gasteiger charge is 2.13. The summed E-state index contributed by atoms with van der Waals surface area (Å²) >= 11 is 3.23. The standard InChI is InChI=1S/C13H9BrN2O2/c1-8-2-4-9(5-3-8)12-15-13(18-16-12)10-6-7-11(14)17-10/h2-7H,1H3. The van der Waals surface area contributed by atoms with E-state index in [0.29, 0.717) is 22.1 Å². The maximum absolute atomic E-state index is 5.36. The number of benzene rings is 1. The Kier molecular flexibility index (Phi) is 2.76. The third kappa shape index (κ3) is 2.09. The normalized spacial score (nSPS) is 10.8. The summed E-state index contributed by atoms with van der Waals surface area (Å²) in [5.41, 5.74) is 2.11. The lowest BCUT2D eigenvalue weighted by Gasteiger charge is -1.94. The van der Waals surface area contributed by atoms with E-state index in [9.17, 15) is 0 Å². The Hall–Kier alpha value is -1.88. The summed E-state index contributed by atoms with van der Waals surface area (Å²) in [5, 5.41) is 3.94. The summed E-state index contributed by atoms with van der Waals surface area (Å²) in [5.74, 6) is 1.47. The topological polar surface area (TPSA) is 52.1 Å². The first kappa shape index (κ1) is 11.2. The Bertz CT molecular complexity index is 670. The molecular weight excluding hydrogens is 296 g/mol. The largest absolute Gasteiger partial charge is 0.444 e. The molecule has 0 spiro atoms. The van der Waals surface area contributed by atoms with Gasteiger partial charge in [0.2, 0.25) is 5.82 Å². The van der Waals surface area contributed by atoms with E-state index in [2.05, 4.69) is 26.1 Å². The minimum Gasteiger partial charge on any atom is -0.444 e. The molecule has 0 unspecified atom stereocenters. The van der Waals surface area contributed by atoms with Crippen molar-refractivity contribution in [3.05, 3.63) is 46.6 Å². The van der Waals surface area contributed by atoms with Gasteiger partial charge in [0.05, 0.1) is 0 Å². The lowest BCUT2D eigenvalue weighted by Crippen LogP contribution is -1.81. The summed E-state index contributed by atoms with van der Waals surface area (Å²) in [6.45, 7) is 2.03. The van der Waals surface area contributed by atoms with Gasteiger partial charge < -0.3 is 8.94 Å². The summed E-state index contributed by atoms with van der Waals surface area (Å²) in [6, 6.07) is 11.5. The van der Waals surface area contributed by atoms with Crippen LogP contribution in [-0.2, 0) is 0 Å². The van der Waals surface area contributed by atoms with Crippen LogP contribution in [0.4, 0.5) is 0 Å². The Morgan fingerprint density at radius 3 is 2.50 bits per heavy atom. The zero-order valence-corrected chi connectivity index (χ0v) is 11.1. The smallest absolute Gasteiger partial charge is 0.293 e. The van der Waals surface area contributed by atoms with Crippen molar-refractivity contribution in [1.29, 1.82) is 0 Å². The van der Waals surface area contributed by atoms with Crippen LogP contribution in [0.1, 0.15) is 5.56 Å². The van der Waals surface area contributed by atoms with Gasteiger partial charge in [-0.2, -0.15) is 4.98 Å². The van der Waals surface area contributed by atoms with E-state index in [1.165, 1.54) is 5.56 Å². The summed E-state index contributed by atoms with van der Waals surface area (Å²) in [4.78, 5) is 4.30. The molecule has 0 radical (unpaired) electrons. The molecule has 0 aliphatic heterocycles. The summed E-state index contributed by atoms with van der Waals surface area (Å²) < 4.78 is 11.2. The molecule has 0 saturated carbocycles. The van der Waals surface area contributed by atoms with E-state index in [0.717, 1.165) is 5.56 Å². The van der Waals surface area contributed by atoms with Gasteiger partial charge in [-0.15, -0.1) is 0 Å². The number of hydrogen-bond donors (Lipinski definition) is 0. The van der Waals surface area contributed by atoms with E-state index >= 15 is 0 Å². The zero-order chi connectivity index (χ0) is 12.5. The molecule has 18 heavy (non-hydrogen) atoms. The van der Waals surface area contributed by atoms with Crippen LogP contribution >= 0.6 is 15.9 Å². The van der Waals surface area contributed by atoms with E-state index in [-0.39, 0.29) is 0 Å². The van der Waals surface area contributed by atoms with Crippen LogP contribution in [0.15, 0.2) is 50.0 Å². The Balaban J connectivity index is 1.96. The molecule has 90 valence electrons. The van der Waals surface area contributed by atoms with Crippen LogP contribution < -0.4 is 0 Å². The minimum atomic E-state index is 0.372. The molecule has 0 bridgehead atoms. The molecule has 0 atom stereocenters. The van der Waals surface area contributed by atoms with E-state index in [4.69, 9.17) is 8.94 Å². The second-order valence-corrected chi connectivity index (χ2v) is 4.67. The number of furan rings is 1. The van der Waals surface area contributed by atoms with E-state index < -0.39 is 0 Å². The van der Waals surface area contributed by atoms with Crippen molar-refractivity contribution in [2.75, 3.05) is 0 Å². The molecule has 0 saturated heterocycles. The molecule has 2 aromatic heterocycles. The van der Waals surface area contributed by atoms with Crippen LogP contribution in [-0.4, -0.2) is 10.1 Å². The SMILES string of the molecule is Cc1ccc(-c2noc(-c3ccc(Br)o3)n2)cc1. The molecule has 1 aromatic carbocycles. The summed E-state index contributed by atoms with van der Waals surface area (Å²) in [6.07, 6.45) is 0. The predicted octanol–water partition coefficient (Wildman–Crippen LogP) is 4.07. The van der Waals surface area contributed by atoms with Crippen molar-refractivity contribution < 1.29 is 8.94 Å². The number of nitrogens with zero attached hydrogens (tertiary/aromatic N) is 2. The third-order valence-corrected chi connectivity index (χ3v) is 2.95. The first-order valence-electron chi connectivity index (χ1n) is 5.39. The second kappa shape index (κ2) is 4.42. The van der Waals surface area contributed by atoms with Crippen molar-refractivity contribution in [3.63, 3.8) is 0 Å². The Labute approximate surface area is 112 Å². The molecule has 5 heteroatoms. The van der Waals surface area contributed by atoms with Crippen molar-refractivity contribution in [1.82, 2.24) is 10.1 Å². The van der Waals surface area contributed by atoms with Crippen molar-refractivity contribution in [2.45, 2.75) is 6.92 Å². The second-order valence-electron chi connectivity index (χ2n) is 3.89. The molecular formula is C13H9BrN2O2. The molecule has 0 fully saturated rings. The number of aryl methyl sites for hydroxylation is 1.